The number of pyridine rings is 1. The highest BCUT2D eigenvalue weighted by molar-refractivity contribution is 6.10. The van der Waals surface area contributed by atoms with Crippen molar-refractivity contribution in [2.75, 3.05) is 5.73 Å². The van der Waals surface area contributed by atoms with Crippen molar-refractivity contribution in [3.63, 3.8) is 0 Å². The molecule has 2 aromatic carbocycles. The molecule has 0 atom stereocenters. The van der Waals surface area contributed by atoms with Crippen LogP contribution in [0.5, 0.6) is 0 Å². The van der Waals surface area contributed by atoms with Crippen LogP contribution >= 0.6 is 0 Å². The van der Waals surface area contributed by atoms with Crippen LogP contribution in [0.25, 0.3) is 10.9 Å². The van der Waals surface area contributed by atoms with Gasteiger partial charge < -0.3 is 5.73 Å². The van der Waals surface area contributed by atoms with Gasteiger partial charge in [-0.1, -0.05) is 18.2 Å². The van der Waals surface area contributed by atoms with E-state index < -0.39 is 0 Å². The van der Waals surface area contributed by atoms with Crippen LogP contribution < -0.4 is 5.73 Å². The maximum absolute atomic E-state index is 12.3. The Morgan fingerprint density at radius 1 is 0.947 bits per heavy atom. The largest absolute Gasteiger partial charge is 0.399 e. The third-order valence-electron chi connectivity index (χ3n) is 3.04. The van der Waals surface area contributed by atoms with Gasteiger partial charge in [-0.05, 0) is 36.4 Å². The smallest absolute Gasteiger partial charge is 0.193 e. The average Bonchev–Trinajstić information content (AvgIpc) is 2.47. The number of benzene rings is 2. The number of ketones is 1. The first-order valence-corrected chi connectivity index (χ1v) is 5.99. The third kappa shape index (κ3) is 2.18. The van der Waals surface area contributed by atoms with Gasteiger partial charge in [0, 0.05) is 28.4 Å². The van der Waals surface area contributed by atoms with Crippen molar-refractivity contribution in [2.45, 2.75) is 0 Å². The molecule has 3 heteroatoms. The quantitative estimate of drug-likeness (QED) is 0.560. The maximum atomic E-state index is 12.3. The molecule has 92 valence electrons. The summed E-state index contributed by atoms with van der Waals surface area (Å²) in [4.78, 5) is 16.6. The second-order valence-electron chi connectivity index (χ2n) is 4.36. The summed E-state index contributed by atoms with van der Waals surface area (Å²) in [5.41, 5.74) is 8.36. The molecule has 0 aliphatic carbocycles. The molecular weight excluding hydrogens is 236 g/mol. The Labute approximate surface area is 110 Å². The van der Waals surface area contributed by atoms with E-state index in [4.69, 9.17) is 5.73 Å². The minimum Gasteiger partial charge on any atom is -0.399 e. The summed E-state index contributed by atoms with van der Waals surface area (Å²) < 4.78 is 0. The van der Waals surface area contributed by atoms with Gasteiger partial charge in [0.1, 0.15) is 0 Å². The molecular formula is C16H12N2O. The molecule has 0 bridgehead atoms. The minimum absolute atomic E-state index is 0.0208. The number of anilines is 1. The van der Waals surface area contributed by atoms with E-state index in [9.17, 15) is 4.79 Å². The fraction of sp³-hybridized carbons (Fsp3) is 0. The molecule has 19 heavy (non-hydrogen) atoms. The van der Waals surface area contributed by atoms with Crippen LogP contribution in [0.2, 0.25) is 0 Å². The van der Waals surface area contributed by atoms with E-state index in [0.29, 0.717) is 16.8 Å². The number of nitrogens with zero attached hydrogens (tertiary/aromatic N) is 1. The van der Waals surface area contributed by atoms with Crippen LogP contribution in [-0.4, -0.2) is 10.8 Å². The zero-order chi connectivity index (χ0) is 13.2. The van der Waals surface area contributed by atoms with E-state index in [1.165, 1.54) is 0 Å². The number of nitrogen functional groups attached to an aromatic ring is 1. The van der Waals surface area contributed by atoms with E-state index in [-0.39, 0.29) is 5.78 Å². The van der Waals surface area contributed by atoms with Crippen molar-refractivity contribution >= 4 is 22.4 Å². The number of carbonyl (C=O) groups excluding carboxylic acids is 1. The van der Waals surface area contributed by atoms with Gasteiger partial charge in [-0.3, -0.25) is 9.78 Å². The number of hydrogen-bond acceptors (Lipinski definition) is 3. The van der Waals surface area contributed by atoms with E-state index in [0.717, 1.165) is 10.9 Å². The predicted molar refractivity (Wildman–Crippen MR) is 76.0 cm³/mol. The summed E-state index contributed by atoms with van der Waals surface area (Å²) in [5, 5.41) is 1.02. The van der Waals surface area contributed by atoms with E-state index in [2.05, 4.69) is 4.98 Å². The summed E-state index contributed by atoms with van der Waals surface area (Å²) in [7, 11) is 0. The number of fused-ring (bicyclic) bond motifs is 1. The van der Waals surface area contributed by atoms with Crippen LogP contribution in [0.3, 0.4) is 0 Å². The Hall–Kier alpha value is -2.68. The molecule has 1 heterocycles. The maximum Gasteiger partial charge on any atom is 0.193 e. The molecule has 0 amide bonds. The van der Waals surface area contributed by atoms with Gasteiger partial charge in [0.05, 0.1) is 5.52 Å². The molecule has 0 saturated carbocycles. The average molecular weight is 248 g/mol. The van der Waals surface area contributed by atoms with Crippen molar-refractivity contribution < 1.29 is 4.79 Å². The van der Waals surface area contributed by atoms with Crippen LogP contribution in [0, 0.1) is 0 Å². The second-order valence-corrected chi connectivity index (χ2v) is 4.36. The highest BCUT2D eigenvalue weighted by Crippen LogP contribution is 2.17. The molecule has 0 saturated heterocycles. The van der Waals surface area contributed by atoms with E-state index in [1.807, 2.05) is 30.3 Å². The lowest BCUT2D eigenvalue weighted by molar-refractivity contribution is 0.103. The van der Waals surface area contributed by atoms with Gasteiger partial charge in [-0.15, -0.1) is 0 Å². The van der Waals surface area contributed by atoms with Crippen molar-refractivity contribution in [1.29, 1.82) is 0 Å². The molecule has 0 unspecified atom stereocenters. The van der Waals surface area contributed by atoms with Crippen molar-refractivity contribution in [3.8, 4) is 0 Å². The van der Waals surface area contributed by atoms with Gasteiger partial charge >= 0.3 is 0 Å². The second kappa shape index (κ2) is 4.53. The summed E-state index contributed by atoms with van der Waals surface area (Å²) in [6, 6.07) is 16.3. The number of rotatable bonds is 2. The molecule has 3 nitrogen and oxygen atoms in total. The number of nitrogens with two attached hydrogens (primary N) is 1. The fourth-order valence-electron chi connectivity index (χ4n) is 2.01. The van der Waals surface area contributed by atoms with Crippen LogP contribution in [0.4, 0.5) is 5.69 Å². The van der Waals surface area contributed by atoms with E-state index >= 15 is 0 Å². The molecule has 0 radical (unpaired) electrons. The fourth-order valence-corrected chi connectivity index (χ4v) is 2.01. The summed E-state index contributed by atoms with van der Waals surface area (Å²) >= 11 is 0. The third-order valence-corrected chi connectivity index (χ3v) is 3.04. The molecule has 0 aliphatic rings. The van der Waals surface area contributed by atoms with E-state index in [1.54, 1.807) is 30.5 Å². The van der Waals surface area contributed by atoms with Crippen molar-refractivity contribution in [1.82, 2.24) is 4.98 Å². The van der Waals surface area contributed by atoms with Crippen LogP contribution in [0.15, 0.2) is 60.8 Å². The first-order chi connectivity index (χ1) is 9.24. The Bertz CT molecular complexity index is 748. The highest BCUT2D eigenvalue weighted by atomic mass is 16.1. The lowest BCUT2D eigenvalue weighted by atomic mass is 10.0. The molecule has 3 aromatic rings. The highest BCUT2D eigenvalue weighted by Gasteiger charge is 2.09. The normalized spacial score (nSPS) is 10.5. The first-order valence-electron chi connectivity index (χ1n) is 5.99. The number of carbonyl (C=O) groups is 1. The Morgan fingerprint density at radius 2 is 1.68 bits per heavy atom. The van der Waals surface area contributed by atoms with Gasteiger partial charge in [0.2, 0.25) is 0 Å². The number of aromatic nitrogens is 1. The minimum atomic E-state index is -0.0208. The molecule has 1 aromatic heterocycles. The summed E-state index contributed by atoms with van der Waals surface area (Å²) in [6.07, 6.45) is 1.72. The SMILES string of the molecule is Nc1ccc(C(=O)c2ccc3cccnc3c2)cc1. The summed E-state index contributed by atoms with van der Waals surface area (Å²) in [6.45, 7) is 0. The zero-order valence-corrected chi connectivity index (χ0v) is 10.2. The molecule has 3 rings (SSSR count). The Balaban J connectivity index is 2.04. The molecule has 0 aliphatic heterocycles. The Morgan fingerprint density at radius 3 is 2.47 bits per heavy atom. The Kier molecular flexibility index (Phi) is 2.72. The first kappa shape index (κ1) is 11.4. The molecule has 0 spiro atoms. The van der Waals surface area contributed by atoms with Crippen LogP contribution in [0.1, 0.15) is 15.9 Å². The molecule has 2 N–H and O–H groups in total. The standard InChI is InChI=1S/C16H12N2O/c17-14-7-5-12(6-8-14)16(19)13-4-3-11-2-1-9-18-15(11)10-13/h1-10H,17H2. The predicted octanol–water partition coefficient (Wildman–Crippen LogP) is 3.05. The topological polar surface area (TPSA) is 56.0 Å². The lowest BCUT2D eigenvalue weighted by Gasteiger charge is -2.03. The monoisotopic (exact) mass is 248 g/mol. The molecule has 0 fully saturated rings. The van der Waals surface area contributed by atoms with Gasteiger partial charge in [-0.2, -0.15) is 0 Å². The van der Waals surface area contributed by atoms with Gasteiger partial charge in [-0.25, -0.2) is 0 Å². The van der Waals surface area contributed by atoms with Gasteiger partial charge in [0.15, 0.2) is 5.78 Å². The lowest BCUT2D eigenvalue weighted by Crippen LogP contribution is -2.01. The summed E-state index contributed by atoms with van der Waals surface area (Å²) in [5.74, 6) is -0.0208. The van der Waals surface area contributed by atoms with Gasteiger partial charge in [0.25, 0.3) is 0 Å². The van der Waals surface area contributed by atoms with Crippen molar-refractivity contribution in [2.24, 2.45) is 0 Å². The zero-order valence-electron chi connectivity index (χ0n) is 10.2. The van der Waals surface area contributed by atoms with Crippen molar-refractivity contribution in [3.05, 3.63) is 71.9 Å². The number of hydrogen-bond donors (Lipinski definition) is 1. The van der Waals surface area contributed by atoms with Crippen LogP contribution in [-0.2, 0) is 0 Å².